The van der Waals surface area contributed by atoms with Crippen LogP contribution in [0.1, 0.15) is 17.8 Å². The standard InChI is InChI=1S/C20H21FN8S2/c1-8-27-28-20(30-8)31-19-25-17-15(12-4-10(21)5-14(23-2)16(12)24-17)18(26-19)29-7-9-3-11(29)6-13(9)22/h4-5,9,11,13,23H,3,6-7,22H2,1-2H3,(H,24,25,26)/t9-,11-,13-/m1/s1. The normalized spacial score (nSPS) is 22.8. The number of halogens is 1. The molecule has 0 spiro atoms. The van der Waals surface area contributed by atoms with Crippen molar-refractivity contribution in [1.29, 1.82) is 0 Å². The van der Waals surface area contributed by atoms with Gasteiger partial charge in [0.05, 0.1) is 16.6 Å². The summed E-state index contributed by atoms with van der Waals surface area (Å²) >= 11 is 2.91. The Balaban J connectivity index is 1.56. The number of H-pyrrole nitrogens is 1. The third-order valence-electron chi connectivity index (χ3n) is 6.31. The van der Waals surface area contributed by atoms with Gasteiger partial charge in [-0.3, -0.25) is 0 Å². The quantitative estimate of drug-likeness (QED) is 0.400. The number of aromatic nitrogens is 5. The second-order valence-electron chi connectivity index (χ2n) is 8.19. The highest BCUT2D eigenvalue weighted by Crippen LogP contribution is 2.44. The van der Waals surface area contributed by atoms with E-state index in [0.717, 1.165) is 50.8 Å². The summed E-state index contributed by atoms with van der Waals surface area (Å²) in [7, 11) is 1.78. The molecule has 2 aliphatic rings. The number of benzene rings is 1. The Morgan fingerprint density at radius 1 is 1.29 bits per heavy atom. The lowest BCUT2D eigenvalue weighted by Crippen LogP contribution is -2.41. The molecule has 3 aromatic heterocycles. The maximum atomic E-state index is 14.4. The number of hydrogen-bond acceptors (Lipinski definition) is 9. The van der Waals surface area contributed by atoms with Crippen LogP contribution in [0.25, 0.3) is 21.9 Å². The van der Waals surface area contributed by atoms with E-state index >= 15 is 0 Å². The summed E-state index contributed by atoms with van der Waals surface area (Å²) in [6.07, 6.45) is 2.02. The highest BCUT2D eigenvalue weighted by atomic mass is 32.2. The highest BCUT2D eigenvalue weighted by molar-refractivity contribution is 8.00. The summed E-state index contributed by atoms with van der Waals surface area (Å²) in [5.74, 6) is 1.01. The van der Waals surface area contributed by atoms with Gasteiger partial charge in [0, 0.05) is 31.1 Å². The summed E-state index contributed by atoms with van der Waals surface area (Å²) in [5, 5.41) is 14.5. The maximum Gasteiger partial charge on any atom is 0.198 e. The summed E-state index contributed by atoms with van der Waals surface area (Å²) in [4.78, 5) is 15.4. The number of hydrogen-bond donors (Lipinski definition) is 3. The van der Waals surface area contributed by atoms with E-state index in [1.807, 2.05) is 6.92 Å². The van der Waals surface area contributed by atoms with Gasteiger partial charge in [-0.2, -0.15) is 0 Å². The van der Waals surface area contributed by atoms with E-state index in [9.17, 15) is 4.39 Å². The van der Waals surface area contributed by atoms with Crippen LogP contribution in [-0.2, 0) is 0 Å². The Hall–Kier alpha value is -2.50. The Morgan fingerprint density at radius 3 is 2.84 bits per heavy atom. The Morgan fingerprint density at radius 2 is 2.16 bits per heavy atom. The Labute approximate surface area is 185 Å². The third kappa shape index (κ3) is 3.06. The van der Waals surface area contributed by atoms with E-state index in [1.165, 1.54) is 29.2 Å². The van der Waals surface area contributed by atoms with Crippen molar-refractivity contribution in [2.24, 2.45) is 11.7 Å². The second-order valence-corrected chi connectivity index (χ2v) is 10.6. The molecule has 160 valence electrons. The van der Waals surface area contributed by atoms with E-state index in [0.29, 0.717) is 28.5 Å². The molecule has 1 aromatic carbocycles. The van der Waals surface area contributed by atoms with Gasteiger partial charge in [0.1, 0.15) is 22.3 Å². The lowest BCUT2D eigenvalue weighted by atomic mass is 10.0. The van der Waals surface area contributed by atoms with Gasteiger partial charge in [0.15, 0.2) is 9.50 Å². The average molecular weight is 457 g/mol. The molecular formula is C20H21FN8S2. The van der Waals surface area contributed by atoms with E-state index in [-0.39, 0.29) is 11.9 Å². The molecule has 11 heteroatoms. The molecule has 0 unspecified atom stereocenters. The number of rotatable bonds is 4. The van der Waals surface area contributed by atoms with Crippen molar-refractivity contribution >= 4 is 56.5 Å². The van der Waals surface area contributed by atoms with Crippen LogP contribution in [0, 0.1) is 18.7 Å². The maximum absolute atomic E-state index is 14.4. The highest BCUT2D eigenvalue weighted by Gasteiger charge is 2.44. The van der Waals surface area contributed by atoms with Crippen molar-refractivity contribution < 1.29 is 4.39 Å². The fourth-order valence-corrected chi connectivity index (χ4v) is 6.60. The van der Waals surface area contributed by atoms with Gasteiger partial charge in [0.25, 0.3) is 0 Å². The van der Waals surface area contributed by atoms with Gasteiger partial charge in [-0.05, 0) is 49.6 Å². The van der Waals surface area contributed by atoms with Crippen LogP contribution in [0.4, 0.5) is 15.9 Å². The molecule has 0 amide bonds. The van der Waals surface area contributed by atoms with Crippen molar-refractivity contribution in [3.8, 4) is 0 Å². The van der Waals surface area contributed by atoms with Gasteiger partial charge in [-0.15, -0.1) is 10.2 Å². The summed E-state index contributed by atoms with van der Waals surface area (Å²) < 4.78 is 15.2. The van der Waals surface area contributed by atoms with Crippen molar-refractivity contribution in [1.82, 2.24) is 25.1 Å². The molecule has 3 atom stereocenters. The summed E-state index contributed by atoms with van der Waals surface area (Å²) in [6.45, 7) is 2.79. The van der Waals surface area contributed by atoms with Gasteiger partial charge >= 0.3 is 0 Å². The molecule has 4 heterocycles. The SMILES string of the molecule is CNc1cc(F)cc2c1[nH]c1nc(Sc3nnc(C)s3)nc(N3C[C@H]4C[C@@H]3C[C@H]4N)c12. The first-order valence-corrected chi connectivity index (χ1v) is 11.8. The molecule has 6 rings (SSSR count). The number of fused-ring (bicyclic) bond motifs is 5. The molecule has 2 fully saturated rings. The molecule has 1 saturated heterocycles. The van der Waals surface area contributed by atoms with Crippen LogP contribution >= 0.6 is 23.1 Å². The first kappa shape index (κ1) is 19.2. The molecule has 8 nitrogen and oxygen atoms in total. The number of nitrogens with zero attached hydrogens (tertiary/aromatic N) is 5. The van der Waals surface area contributed by atoms with E-state index < -0.39 is 0 Å². The predicted molar refractivity (Wildman–Crippen MR) is 122 cm³/mol. The zero-order valence-electron chi connectivity index (χ0n) is 17.0. The van der Waals surface area contributed by atoms with Gasteiger partial charge in [0.2, 0.25) is 0 Å². The minimum absolute atomic E-state index is 0.244. The fourth-order valence-electron chi connectivity index (χ4n) is 4.93. The molecule has 1 saturated carbocycles. The molecular weight excluding hydrogens is 435 g/mol. The Kier molecular flexibility index (Phi) is 4.34. The first-order valence-electron chi connectivity index (χ1n) is 10.2. The molecule has 4 N–H and O–H groups in total. The zero-order chi connectivity index (χ0) is 21.3. The monoisotopic (exact) mass is 456 g/mol. The molecule has 0 radical (unpaired) electrons. The fraction of sp³-hybridized carbons (Fsp3) is 0.400. The van der Waals surface area contributed by atoms with Gasteiger partial charge < -0.3 is 20.9 Å². The lowest BCUT2D eigenvalue weighted by Gasteiger charge is -2.31. The van der Waals surface area contributed by atoms with Crippen LogP contribution in [0.5, 0.6) is 0 Å². The zero-order valence-corrected chi connectivity index (χ0v) is 18.6. The van der Waals surface area contributed by atoms with Gasteiger partial charge in [-0.25, -0.2) is 14.4 Å². The van der Waals surface area contributed by atoms with Crippen LogP contribution < -0.4 is 16.0 Å². The topological polar surface area (TPSA) is 109 Å². The molecule has 1 aliphatic heterocycles. The number of nitrogens with two attached hydrogens (primary N) is 1. The van der Waals surface area contributed by atoms with E-state index in [1.54, 1.807) is 13.1 Å². The summed E-state index contributed by atoms with van der Waals surface area (Å²) in [5.41, 5.74) is 8.50. The predicted octanol–water partition coefficient (Wildman–Crippen LogP) is 3.53. The Bertz CT molecular complexity index is 1320. The average Bonchev–Trinajstić information content (AvgIpc) is 3.50. The van der Waals surface area contributed by atoms with Crippen LogP contribution in [0.15, 0.2) is 21.6 Å². The second kappa shape index (κ2) is 7.01. The van der Waals surface area contributed by atoms with E-state index in [4.69, 9.17) is 15.7 Å². The van der Waals surface area contributed by atoms with Crippen molar-refractivity contribution in [2.75, 3.05) is 23.8 Å². The number of aryl methyl sites for hydroxylation is 1. The van der Waals surface area contributed by atoms with E-state index in [2.05, 4.69) is 25.4 Å². The molecule has 4 aromatic rings. The smallest absolute Gasteiger partial charge is 0.198 e. The van der Waals surface area contributed by atoms with Crippen LogP contribution in [0.3, 0.4) is 0 Å². The lowest BCUT2D eigenvalue weighted by molar-refractivity contribution is 0.471. The van der Waals surface area contributed by atoms with Crippen molar-refractivity contribution in [2.45, 2.75) is 41.3 Å². The largest absolute Gasteiger partial charge is 0.386 e. The number of nitrogens with one attached hydrogen (secondary N) is 2. The minimum Gasteiger partial charge on any atom is -0.386 e. The van der Waals surface area contributed by atoms with Crippen LogP contribution in [0.2, 0.25) is 0 Å². The molecule has 2 bridgehead atoms. The van der Waals surface area contributed by atoms with Crippen LogP contribution in [-0.4, -0.2) is 50.8 Å². The molecule has 1 aliphatic carbocycles. The number of anilines is 2. The number of piperidine rings is 1. The minimum atomic E-state index is -0.295. The van der Waals surface area contributed by atoms with Crippen molar-refractivity contribution in [3.63, 3.8) is 0 Å². The van der Waals surface area contributed by atoms with Gasteiger partial charge in [-0.1, -0.05) is 11.3 Å². The third-order valence-corrected chi connectivity index (χ3v) is 8.06. The summed E-state index contributed by atoms with van der Waals surface area (Å²) in [6, 6.07) is 3.64. The first-order chi connectivity index (χ1) is 15.0. The number of aromatic amines is 1. The molecule has 31 heavy (non-hydrogen) atoms. The van der Waals surface area contributed by atoms with Crippen molar-refractivity contribution in [3.05, 3.63) is 23.0 Å².